The van der Waals surface area contributed by atoms with E-state index in [1.165, 1.54) is 11.5 Å². The zero-order chi connectivity index (χ0) is 14.8. The highest BCUT2D eigenvalue weighted by atomic mass is 19.1. The number of benzene rings is 1. The van der Waals surface area contributed by atoms with Gasteiger partial charge in [0.25, 0.3) is 5.91 Å². The molecule has 1 aromatic heterocycles. The summed E-state index contributed by atoms with van der Waals surface area (Å²) in [6.45, 7) is 1.20. The number of amides is 1. The lowest BCUT2D eigenvalue weighted by Crippen LogP contribution is -2.22. The Morgan fingerprint density at radius 2 is 2.29 bits per heavy atom. The number of carbonyl (C=O) groups is 1. The van der Waals surface area contributed by atoms with E-state index in [0.717, 1.165) is 30.4 Å². The van der Waals surface area contributed by atoms with E-state index in [9.17, 15) is 9.18 Å². The standard InChI is InChI=1S/C15H14FN3O2/c16-13-8-11(15(20)18-21)3-4-12(13)9-19-7-5-10-2-1-6-17-14(10)19/h1-4,6,8,21H,5,7,9H2,(H,18,20). The monoisotopic (exact) mass is 287 g/mol. The van der Waals surface area contributed by atoms with Crippen molar-refractivity contribution in [3.05, 3.63) is 59.0 Å². The summed E-state index contributed by atoms with van der Waals surface area (Å²) >= 11 is 0. The van der Waals surface area contributed by atoms with Crippen molar-refractivity contribution in [2.75, 3.05) is 11.4 Å². The van der Waals surface area contributed by atoms with Gasteiger partial charge in [-0.2, -0.15) is 0 Å². The third-order valence-electron chi connectivity index (χ3n) is 3.60. The number of carbonyl (C=O) groups excluding carboxylic acids is 1. The maximum absolute atomic E-state index is 14.1. The molecule has 0 radical (unpaired) electrons. The van der Waals surface area contributed by atoms with Crippen LogP contribution < -0.4 is 10.4 Å². The summed E-state index contributed by atoms with van der Waals surface area (Å²) in [6.07, 6.45) is 2.62. The molecule has 1 amide bonds. The first kappa shape index (κ1) is 13.5. The smallest absolute Gasteiger partial charge is 0.274 e. The molecule has 5 nitrogen and oxygen atoms in total. The zero-order valence-corrected chi connectivity index (χ0v) is 11.2. The average molecular weight is 287 g/mol. The van der Waals surface area contributed by atoms with Crippen LogP contribution in [0.4, 0.5) is 10.2 Å². The molecule has 3 rings (SSSR count). The SMILES string of the molecule is O=C(NO)c1ccc(CN2CCc3cccnc32)c(F)c1. The topological polar surface area (TPSA) is 65.5 Å². The molecule has 21 heavy (non-hydrogen) atoms. The molecule has 2 aromatic rings. The van der Waals surface area contributed by atoms with Crippen LogP contribution in [0.2, 0.25) is 0 Å². The van der Waals surface area contributed by atoms with Crippen molar-refractivity contribution in [3.8, 4) is 0 Å². The maximum Gasteiger partial charge on any atom is 0.274 e. The van der Waals surface area contributed by atoms with E-state index in [-0.39, 0.29) is 5.56 Å². The highest BCUT2D eigenvalue weighted by Gasteiger charge is 2.21. The molecule has 0 bridgehead atoms. The number of fused-ring (bicyclic) bond motifs is 1. The van der Waals surface area contributed by atoms with Crippen molar-refractivity contribution in [2.45, 2.75) is 13.0 Å². The summed E-state index contributed by atoms with van der Waals surface area (Å²) in [7, 11) is 0. The Bertz CT molecular complexity index is 690. The zero-order valence-electron chi connectivity index (χ0n) is 11.2. The number of hydrogen-bond donors (Lipinski definition) is 2. The third-order valence-corrected chi connectivity index (χ3v) is 3.60. The Hall–Kier alpha value is -2.47. The third kappa shape index (κ3) is 2.57. The summed E-state index contributed by atoms with van der Waals surface area (Å²) < 4.78 is 14.1. The van der Waals surface area contributed by atoms with Gasteiger partial charge in [-0.25, -0.2) is 14.9 Å². The fourth-order valence-electron chi connectivity index (χ4n) is 2.51. The van der Waals surface area contributed by atoms with Crippen LogP contribution in [0.25, 0.3) is 0 Å². The minimum Gasteiger partial charge on any atom is -0.352 e. The Kier molecular flexibility index (Phi) is 3.53. The second-order valence-corrected chi connectivity index (χ2v) is 4.90. The van der Waals surface area contributed by atoms with Crippen molar-refractivity contribution >= 4 is 11.7 Å². The van der Waals surface area contributed by atoms with E-state index in [1.54, 1.807) is 12.3 Å². The number of rotatable bonds is 3. The average Bonchev–Trinajstić information content (AvgIpc) is 2.92. The molecule has 0 aliphatic carbocycles. The minimum absolute atomic E-state index is 0.0821. The molecule has 1 aliphatic rings. The lowest BCUT2D eigenvalue weighted by atomic mass is 10.1. The number of nitrogens with zero attached hydrogens (tertiary/aromatic N) is 2. The molecule has 0 atom stereocenters. The first-order valence-electron chi connectivity index (χ1n) is 6.61. The van der Waals surface area contributed by atoms with E-state index < -0.39 is 11.7 Å². The van der Waals surface area contributed by atoms with E-state index in [4.69, 9.17) is 5.21 Å². The van der Waals surface area contributed by atoms with Gasteiger partial charge in [0.15, 0.2) is 0 Å². The molecule has 1 aliphatic heterocycles. The number of nitrogens with one attached hydrogen (secondary N) is 1. The number of aromatic nitrogens is 1. The van der Waals surface area contributed by atoms with Crippen molar-refractivity contribution in [2.24, 2.45) is 0 Å². The second-order valence-electron chi connectivity index (χ2n) is 4.90. The lowest BCUT2D eigenvalue weighted by Gasteiger charge is -2.18. The van der Waals surface area contributed by atoms with E-state index in [1.807, 2.05) is 17.0 Å². The Morgan fingerprint density at radius 3 is 3.05 bits per heavy atom. The van der Waals surface area contributed by atoms with Gasteiger partial charge in [0, 0.05) is 30.4 Å². The van der Waals surface area contributed by atoms with Crippen LogP contribution in [0, 0.1) is 5.82 Å². The Labute approximate surface area is 121 Å². The molecule has 0 fully saturated rings. The van der Waals surface area contributed by atoms with Crippen LogP contribution in [0.3, 0.4) is 0 Å². The molecule has 108 valence electrons. The molecule has 2 N–H and O–H groups in total. The van der Waals surface area contributed by atoms with E-state index >= 15 is 0 Å². The van der Waals surface area contributed by atoms with Gasteiger partial charge in [0.1, 0.15) is 11.6 Å². The predicted molar refractivity (Wildman–Crippen MR) is 74.6 cm³/mol. The summed E-state index contributed by atoms with van der Waals surface area (Å²) in [5.41, 5.74) is 3.22. The largest absolute Gasteiger partial charge is 0.352 e. The Balaban J connectivity index is 1.82. The number of hydroxylamine groups is 1. The number of halogens is 1. The Morgan fingerprint density at radius 1 is 1.43 bits per heavy atom. The van der Waals surface area contributed by atoms with Crippen molar-refractivity contribution < 1.29 is 14.4 Å². The lowest BCUT2D eigenvalue weighted by molar-refractivity contribution is 0.0706. The van der Waals surface area contributed by atoms with Crippen LogP contribution in [0.15, 0.2) is 36.5 Å². The first-order valence-corrected chi connectivity index (χ1v) is 6.61. The number of pyridine rings is 1. The molecular formula is C15H14FN3O2. The van der Waals surface area contributed by atoms with Crippen LogP contribution in [-0.2, 0) is 13.0 Å². The molecule has 0 saturated heterocycles. The summed E-state index contributed by atoms with van der Waals surface area (Å²) in [6, 6.07) is 8.08. The van der Waals surface area contributed by atoms with Gasteiger partial charge in [0.05, 0.1) is 0 Å². The number of hydrogen-bond acceptors (Lipinski definition) is 4. The summed E-state index contributed by atoms with van der Waals surface area (Å²) in [5.74, 6) is -0.316. The maximum atomic E-state index is 14.1. The fraction of sp³-hybridized carbons (Fsp3) is 0.200. The minimum atomic E-state index is -0.728. The van der Waals surface area contributed by atoms with Crippen molar-refractivity contribution in [1.82, 2.24) is 10.5 Å². The normalized spacial score (nSPS) is 13.1. The van der Waals surface area contributed by atoms with E-state index in [2.05, 4.69) is 4.98 Å². The molecule has 6 heteroatoms. The van der Waals surface area contributed by atoms with Gasteiger partial charge >= 0.3 is 0 Å². The van der Waals surface area contributed by atoms with Crippen LogP contribution in [0.5, 0.6) is 0 Å². The fourth-order valence-corrected chi connectivity index (χ4v) is 2.51. The van der Waals surface area contributed by atoms with Crippen LogP contribution >= 0.6 is 0 Å². The molecule has 1 aromatic carbocycles. The van der Waals surface area contributed by atoms with Crippen molar-refractivity contribution in [3.63, 3.8) is 0 Å². The predicted octanol–water partition coefficient (Wildman–Crippen LogP) is 1.90. The quantitative estimate of drug-likeness (QED) is 0.668. The van der Waals surface area contributed by atoms with Crippen LogP contribution in [-0.4, -0.2) is 22.6 Å². The molecule has 0 spiro atoms. The highest BCUT2D eigenvalue weighted by Crippen LogP contribution is 2.27. The van der Waals surface area contributed by atoms with Gasteiger partial charge in [-0.15, -0.1) is 0 Å². The number of anilines is 1. The van der Waals surface area contributed by atoms with Gasteiger partial charge in [0.2, 0.25) is 0 Å². The van der Waals surface area contributed by atoms with Gasteiger partial charge in [-0.05, 0) is 30.2 Å². The summed E-state index contributed by atoms with van der Waals surface area (Å²) in [5, 5.41) is 8.55. The van der Waals surface area contributed by atoms with Gasteiger partial charge in [-0.3, -0.25) is 10.0 Å². The van der Waals surface area contributed by atoms with Crippen molar-refractivity contribution in [1.29, 1.82) is 0 Å². The molecule has 0 unspecified atom stereocenters. The molecule has 0 saturated carbocycles. The first-order chi connectivity index (χ1) is 10.2. The molecular weight excluding hydrogens is 273 g/mol. The second kappa shape index (κ2) is 5.49. The van der Waals surface area contributed by atoms with Crippen LogP contribution in [0.1, 0.15) is 21.5 Å². The van der Waals surface area contributed by atoms with Gasteiger partial charge in [-0.1, -0.05) is 12.1 Å². The highest BCUT2D eigenvalue weighted by molar-refractivity contribution is 5.93. The molecule has 2 heterocycles. The summed E-state index contributed by atoms with van der Waals surface area (Å²) in [4.78, 5) is 17.6. The van der Waals surface area contributed by atoms with E-state index in [0.29, 0.717) is 12.1 Å². The van der Waals surface area contributed by atoms with Gasteiger partial charge < -0.3 is 4.90 Å².